The van der Waals surface area contributed by atoms with Gasteiger partial charge in [0.15, 0.2) is 0 Å². The van der Waals surface area contributed by atoms with Crippen LogP contribution in [0, 0.1) is 0 Å². The molecule has 0 saturated carbocycles. The summed E-state index contributed by atoms with van der Waals surface area (Å²) < 4.78 is 5.14. The summed E-state index contributed by atoms with van der Waals surface area (Å²) in [4.78, 5) is 6.68. The minimum absolute atomic E-state index is 0.0278. The normalized spacial score (nSPS) is 12.2. The summed E-state index contributed by atoms with van der Waals surface area (Å²) in [6, 6.07) is 12.1. The lowest BCUT2D eigenvalue weighted by Gasteiger charge is -2.08. The van der Waals surface area contributed by atoms with E-state index in [2.05, 4.69) is 18.0 Å². The SMILES string of the molecule is CCC(N)c1ccc(Sc2ccc(OC)cc2)cn1. The van der Waals surface area contributed by atoms with Gasteiger partial charge in [-0.2, -0.15) is 0 Å². The molecule has 0 aliphatic rings. The van der Waals surface area contributed by atoms with E-state index in [4.69, 9.17) is 10.5 Å². The Labute approximate surface area is 118 Å². The largest absolute Gasteiger partial charge is 0.497 e. The predicted octanol–water partition coefficient (Wildman–Crippen LogP) is 3.65. The molecule has 0 saturated heterocycles. The molecule has 100 valence electrons. The quantitative estimate of drug-likeness (QED) is 0.904. The highest BCUT2D eigenvalue weighted by Gasteiger charge is 2.05. The standard InChI is InChI=1S/C15H18N2OS/c1-3-14(16)15-9-8-13(10-17-15)19-12-6-4-11(18-2)5-7-12/h4-10,14H,3,16H2,1-2H3. The fourth-order valence-corrected chi connectivity index (χ4v) is 2.45. The molecule has 19 heavy (non-hydrogen) atoms. The maximum atomic E-state index is 5.95. The van der Waals surface area contributed by atoms with E-state index in [1.807, 2.05) is 36.5 Å². The van der Waals surface area contributed by atoms with Gasteiger partial charge in [0.2, 0.25) is 0 Å². The molecule has 2 aromatic rings. The average Bonchev–Trinajstić information content (AvgIpc) is 2.48. The Morgan fingerprint density at radius 3 is 2.37 bits per heavy atom. The van der Waals surface area contributed by atoms with E-state index in [1.54, 1.807) is 18.9 Å². The third-order valence-corrected chi connectivity index (χ3v) is 3.86. The molecule has 3 nitrogen and oxygen atoms in total. The van der Waals surface area contributed by atoms with E-state index in [9.17, 15) is 0 Å². The molecule has 0 aliphatic carbocycles. The maximum absolute atomic E-state index is 5.95. The van der Waals surface area contributed by atoms with Crippen LogP contribution in [-0.4, -0.2) is 12.1 Å². The highest BCUT2D eigenvalue weighted by molar-refractivity contribution is 7.99. The fraction of sp³-hybridized carbons (Fsp3) is 0.267. The minimum Gasteiger partial charge on any atom is -0.497 e. The van der Waals surface area contributed by atoms with Gasteiger partial charge in [-0.1, -0.05) is 18.7 Å². The van der Waals surface area contributed by atoms with Crippen LogP contribution in [0.15, 0.2) is 52.4 Å². The Bertz CT molecular complexity index is 511. The topological polar surface area (TPSA) is 48.1 Å². The molecule has 1 heterocycles. The van der Waals surface area contributed by atoms with Crippen molar-refractivity contribution in [1.82, 2.24) is 4.98 Å². The third kappa shape index (κ3) is 3.72. The Kier molecular flexibility index (Phi) is 4.82. The van der Waals surface area contributed by atoms with Crippen LogP contribution < -0.4 is 10.5 Å². The summed E-state index contributed by atoms with van der Waals surface area (Å²) in [6.07, 6.45) is 2.78. The molecule has 1 atom stereocenters. The Balaban J connectivity index is 2.06. The van der Waals surface area contributed by atoms with Crippen molar-refractivity contribution >= 4 is 11.8 Å². The number of hydrogen-bond acceptors (Lipinski definition) is 4. The van der Waals surface area contributed by atoms with Crippen molar-refractivity contribution in [3.05, 3.63) is 48.3 Å². The van der Waals surface area contributed by atoms with Gasteiger partial charge in [-0.25, -0.2) is 0 Å². The number of hydrogen-bond donors (Lipinski definition) is 1. The number of nitrogens with zero attached hydrogens (tertiary/aromatic N) is 1. The van der Waals surface area contributed by atoms with Crippen molar-refractivity contribution in [2.45, 2.75) is 29.2 Å². The van der Waals surface area contributed by atoms with Gasteiger partial charge in [0.05, 0.1) is 12.8 Å². The molecule has 0 spiro atoms. The van der Waals surface area contributed by atoms with Gasteiger partial charge in [0, 0.05) is 22.0 Å². The molecular weight excluding hydrogens is 256 g/mol. The van der Waals surface area contributed by atoms with Crippen LogP contribution in [0.3, 0.4) is 0 Å². The van der Waals surface area contributed by atoms with Gasteiger partial charge >= 0.3 is 0 Å². The molecule has 0 bridgehead atoms. The van der Waals surface area contributed by atoms with E-state index >= 15 is 0 Å². The second-order valence-electron chi connectivity index (χ2n) is 4.21. The minimum atomic E-state index is 0.0278. The van der Waals surface area contributed by atoms with Crippen LogP contribution in [0.5, 0.6) is 5.75 Å². The second-order valence-corrected chi connectivity index (χ2v) is 5.36. The molecule has 0 radical (unpaired) electrons. The molecule has 1 aromatic heterocycles. The first kappa shape index (κ1) is 13.9. The van der Waals surface area contributed by atoms with Crippen molar-refractivity contribution in [3.63, 3.8) is 0 Å². The summed E-state index contributed by atoms with van der Waals surface area (Å²) in [5, 5.41) is 0. The molecule has 0 aliphatic heterocycles. The zero-order valence-corrected chi connectivity index (χ0v) is 12.0. The first-order chi connectivity index (χ1) is 9.22. The van der Waals surface area contributed by atoms with E-state index in [-0.39, 0.29) is 6.04 Å². The molecule has 1 unspecified atom stereocenters. The number of nitrogens with two attached hydrogens (primary N) is 1. The lowest BCUT2D eigenvalue weighted by atomic mass is 10.1. The van der Waals surface area contributed by atoms with E-state index < -0.39 is 0 Å². The van der Waals surface area contributed by atoms with E-state index in [0.29, 0.717) is 0 Å². The summed E-state index contributed by atoms with van der Waals surface area (Å²) in [5.74, 6) is 0.867. The average molecular weight is 274 g/mol. The molecule has 4 heteroatoms. The monoisotopic (exact) mass is 274 g/mol. The first-order valence-corrected chi connectivity index (χ1v) is 7.08. The van der Waals surface area contributed by atoms with Crippen LogP contribution in [0.1, 0.15) is 25.1 Å². The smallest absolute Gasteiger partial charge is 0.118 e. The van der Waals surface area contributed by atoms with Crippen molar-refractivity contribution < 1.29 is 4.74 Å². The number of aromatic nitrogens is 1. The number of ether oxygens (including phenoxy) is 1. The summed E-state index contributed by atoms with van der Waals surface area (Å²) >= 11 is 1.68. The molecule has 2 rings (SSSR count). The van der Waals surface area contributed by atoms with Gasteiger partial charge in [0.25, 0.3) is 0 Å². The van der Waals surface area contributed by atoms with Gasteiger partial charge < -0.3 is 10.5 Å². The van der Waals surface area contributed by atoms with Crippen molar-refractivity contribution in [3.8, 4) is 5.75 Å². The zero-order valence-electron chi connectivity index (χ0n) is 11.2. The van der Waals surface area contributed by atoms with Crippen LogP contribution in [0.2, 0.25) is 0 Å². The summed E-state index contributed by atoms with van der Waals surface area (Å²) in [5.41, 5.74) is 6.89. The fourth-order valence-electron chi connectivity index (χ4n) is 1.66. The van der Waals surface area contributed by atoms with Gasteiger partial charge in [0.1, 0.15) is 5.75 Å². The summed E-state index contributed by atoms with van der Waals surface area (Å²) in [7, 11) is 1.67. The Morgan fingerprint density at radius 2 is 1.84 bits per heavy atom. The maximum Gasteiger partial charge on any atom is 0.118 e. The number of pyridine rings is 1. The Hall–Kier alpha value is -1.52. The lowest BCUT2D eigenvalue weighted by Crippen LogP contribution is -2.10. The highest BCUT2D eigenvalue weighted by atomic mass is 32.2. The van der Waals surface area contributed by atoms with Crippen molar-refractivity contribution in [2.75, 3.05) is 7.11 Å². The molecule has 0 amide bonds. The number of methoxy groups -OCH3 is 1. The highest BCUT2D eigenvalue weighted by Crippen LogP contribution is 2.28. The zero-order chi connectivity index (χ0) is 13.7. The van der Waals surface area contributed by atoms with Crippen molar-refractivity contribution in [1.29, 1.82) is 0 Å². The van der Waals surface area contributed by atoms with Gasteiger partial charge in [-0.05, 0) is 42.8 Å². The van der Waals surface area contributed by atoms with Crippen LogP contribution >= 0.6 is 11.8 Å². The van der Waals surface area contributed by atoms with E-state index in [0.717, 1.165) is 27.7 Å². The molecule has 0 fully saturated rings. The van der Waals surface area contributed by atoms with E-state index in [1.165, 1.54) is 0 Å². The third-order valence-electron chi connectivity index (χ3n) is 2.87. The van der Waals surface area contributed by atoms with Crippen LogP contribution in [0.4, 0.5) is 0 Å². The summed E-state index contributed by atoms with van der Waals surface area (Å²) in [6.45, 7) is 2.06. The molecular formula is C15H18N2OS. The lowest BCUT2D eigenvalue weighted by molar-refractivity contribution is 0.414. The van der Waals surface area contributed by atoms with Gasteiger partial charge in [-0.3, -0.25) is 4.98 Å². The molecule has 1 aromatic carbocycles. The second kappa shape index (κ2) is 6.59. The number of rotatable bonds is 5. The van der Waals surface area contributed by atoms with Gasteiger partial charge in [-0.15, -0.1) is 0 Å². The first-order valence-electron chi connectivity index (χ1n) is 6.26. The predicted molar refractivity (Wildman–Crippen MR) is 78.6 cm³/mol. The van der Waals surface area contributed by atoms with Crippen LogP contribution in [-0.2, 0) is 0 Å². The Morgan fingerprint density at radius 1 is 1.16 bits per heavy atom. The van der Waals surface area contributed by atoms with Crippen molar-refractivity contribution in [2.24, 2.45) is 5.73 Å². The molecule has 2 N–H and O–H groups in total. The number of benzene rings is 1. The van der Waals surface area contributed by atoms with Crippen LogP contribution in [0.25, 0.3) is 0 Å².